The molecule has 0 aromatic heterocycles. The van der Waals surface area contributed by atoms with E-state index in [9.17, 15) is 4.79 Å². The molecule has 1 heterocycles. The van der Waals surface area contributed by atoms with Crippen LogP contribution in [0.25, 0.3) is 0 Å². The molecule has 13 heavy (non-hydrogen) atoms. The number of epoxide rings is 1. The van der Waals surface area contributed by atoms with Crippen LogP contribution >= 0.6 is 11.6 Å². The summed E-state index contributed by atoms with van der Waals surface area (Å²) in [6.07, 6.45) is 1.62. The maximum atomic E-state index is 11.0. The first-order valence-corrected chi connectivity index (χ1v) is 5.21. The van der Waals surface area contributed by atoms with Gasteiger partial charge in [0.2, 0.25) is 0 Å². The zero-order valence-electron chi connectivity index (χ0n) is 7.02. The quantitative estimate of drug-likeness (QED) is 0.536. The van der Waals surface area contributed by atoms with Gasteiger partial charge < -0.3 is 9.84 Å². The van der Waals surface area contributed by atoms with E-state index < -0.39 is 5.97 Å². The topological polar surface area (TPSA) is 49.8 Å². The Labute approximate surface area is 81.0 Å². The first-order chi connectivity index (χ1) is 6.24. The summed E-state index contributed by atoms with van der Waals surface area (Å²) in [6, 6.07) is 0. The summed E-state index contributed by atoms with van der Waals surface area (Å²) in [5.41, 5.74) is 0. The Morgan fingerprint density at radius 1 is 1.46 bits per heavy atom. The molecule has 3 fully saturated rings. The lowest BCUT2D eigenvalue weighted by molar-refractivity contribution is -0.144. The van der Waals surface area contributed by atoms with Crippen LogP contribution in [-0.2, 0) is 9.53 Å². The highest BCUT2D eigenvalue weighted by Gasteiger charge is 2.68. The Kier molecular flexibility index (Phi) is 1.48. The Bertz CT molecular complexity index is 268. The van der Waals surface area contributed by atoms with Crippen LogP contribution < -0.4 is 0 Å². The molecule has 2 saturated carbocycles. The first-order valence-electron chi connectivity index (χ1n) is 4.68. The third-order valence-corrected chi connectivity index (χ3v) is 4.24. The highest BCUT2D eigenvalue weighted by Crippen LogP contribution is 2.61. The zero-order valence-corrected chi connectivity index (χ0v) is 7.78. The van der Waals surface area contributed by atoms with Crippen molar-refractivity contribution in [1.29, 1.82) is 0 Å². The van der Waals surface area contributed by atoms with E-state index >= 15 is 0 Å². The molecule has 3 nitrogen and oxygen atoms in total. The van der Waals surface area contributed by atoms with Gasteiger partial charge in [0.25, 0.3) is 0 Å². The molecule has 0 amide bonds. The van der Waals surface area contributed by atoms with Gasteiger partial charge in [0.05, 0.1) is 18.1 Å². The Morgan fingerprint density at radius 2 is 2.15 bits per heavy atom. The van der Waals surface area contributed by atoms with Gasteiger partial charge in [0, 0.05) is 11.8 Å². The van der Waals surface area contributed by atoms with E-state index in [0.717, 1.165) is 6.42 Å². The van der Waals surface area contributed by atoms with Gasteiger partial charge in [-0.15, -0.1) is 11.6 Å². The third-order valence-electron chi connectivity index (χ3n) is 3.89. The largest absolute Gasteiger partial charge is 0.481 e. The Balaban J connectivity index is 1.90. The lowest BCUT2D eigenvalue weighted by Crippen LogP contribution is -2.34. The molecule has 1 saturated heterocycles. The fourth-order valence-electron chi connectivity index (χ4n) is 3.34. The predicted molar refractivity (Wildman–Crippen MR) is 45.6 cm³/mol. The molecule has 72 valence electrons. The number of alkyl halides is 1. The first kappa shape index (κ1) is 8.06. The van der Waals surface area contributed by atoms with Crippen LogP contribution in [0.2, 0.25) is 0 Å². The summed E-state index contributed by atoms with van der Waals surface area (Å²) in [4.78, 5) is 11.0. The van der Waals surface area contributed by atoms with E-state index in [-0.39, 0.29) is 23.9 Å². The molecule has 2 aliphatic carbocycles. The number of ether oxygens (including phenoxy) is 1. The van der Waals surface area contributed by atoms with Crippen LogP contribution in [0.5, 0.6) is 0 Å². The van der Waals surface area contributed by atoms with Gasteiger partial charge in [-0.2, -0.15) is 0 Å². The van der Waals surface area contributed by atoms with Crippen molar-refractivity contribution in [1.82, 2.24) is 0 Å². The number of carbonyl (C=O) groups is 1. The summed E-state index contributed by atoms with van der Waals surface area (Å²) in [6.45, 7) is 0. The van der Waals surface area contributed by atoms with Gasteiger partial charge in [0.1, 0.15) is 0 Å². The fraction of sp³-hybridized carbons (Fsp3) is 0.889. The lowest BCUT2D eigenvalue weighted by atomic mass is 9.80. The second-order valence-electron chi connectivity index (χ2n) is 4.31. The third kappa shape index (κ3) is 0.868. The van der Waals surface area contributed by atoms with Crippen molar-refractivity contribution in [2.75, 3.05) is 5.88 Å². The van der Waals surface area contributed by atoms with Crippen LogP contribution in [-0.4, -0.2) is 29.2 Å². The molecular weight excluding hydrogens is 192 g/mol. The molecule has 0 unspecified atom stereocenters. The van der Waals surface area contributed by atoms with Crippen molar-refractivity contribution in [3.63, 3.8) is 0 Å². The molecule has 0 radical (unpaired) electrons. The Hall–Kier alpha value is -0.280. The van der Waals surface area contributed by atoms with Crippen LogP contribution in [0.4, 0.5) is 0 Å². The van der Waals surface area contributed by atoms with E-state index in [1.54, 1.807) is 0 Å². The maximum absolute atomic E-state index is 11.0. The van der Waals surface area contributed by atoms with E-state index in [0.29, 0.717) is 17.9 Å². The molecule has 4 heteroatoms. The van der Waals surface area contributed by atoms with Gasteiger partial charge in [-0.1, -0.05) is 0 Å². The molecule has 1 aliphatic heterocycles. The van der Waals surface area contributed by atoms with Gasteiger partial charge >= 0.3 is 5.97 Å². The standard InChI is InChI=1S/C9H11ClO3/c10-2-5-3-1-4(6(5)9(11)12)8-7(3)13-8/h3-8H,1-2H2,(H,11,12)/t3-,4-,5+,6+,7+,8-/m0/s1. The number of hydrogen-bond acceptors (Lipinski definition) is 2. The van der Waals surface area contributed by atoms with Gasteiger partial charge in [-0.05, 0) is 18.3 Å². The fourth-order valence-corrected chi connectivity index (χ4v) is 3.76. The minimum absolute atomic E-state index is 0.146. The predicted octanol–water partition coefficient (Wildman–Crippen LogP) is 0.959. The molecule has 3 aliphatic rings. The van der Waals surface area contributed by atoms with Crippen molar-refractivity contribution in [3.05, 3.63) is 0 Å². The zero-order chi connectivity index (χ0) is 9.16. The van der Waals surface area contributed by atoms with Crippen LogP contribution in [0.15, 0.2) is 0 Å². The number of hydrogen-bond donors (Lipinski definition) is 1. The minimum Gasteiger partial charge on any atom is -0.481 e. The van der Waals surface area contributed by atoms with Crippen LogP contribution in [0.1, 0.15) is 6.42 Å². The van der Waals surface area contributed by atoms with Crippen LogP contribution in [0, 0.1) is 23.7 Å². The molecule has 0 aromatic rings. The highest BCUT2D eigenvalue weighted by atomic mass is 35.5. The summed E-state index contributed by atoms with van der Waals surface area (Å²) < 4.78 is 5.43. The van der Waals surface area contributed by atoms with Gasteiger partial charge in [-0.3, -0.25) is 4.79 Å². The molecule has 1 N–H and O–H groups in total. The van der Waals surface area contributed by atoms with E-state index in [1.807, 2.05) is 0 Å². The number of halogens is 1. The smallest absolute Gasteiger partial charge is 0.307 e. The number of rotatable bonds is 2. The van der Waals surface area contributed by atoms with Crippen LogP contribution in [0.3, 0.4) is 0 Å². The highest BCUT2D eigenvalue weighted by molar-refractivity contribution is 6.18. The van der Waals surface area contributed by atoms with Crippen molar-refractivity contribution in [2.24, 2.45) is 23.7 Å². The monoisotopic (exact) mass is 202 g/mol. The number of fused-ring (bicyclic) bond motifs is 5. The van der Waals surface area contributed by atoms with Crippen molar-refractivity contribution < 1.29 is 14.6 Å². The normalized spacial score (nSPS) is 56.4. The second kappa shape index (κ2) is 2.39. The van der Waals surface area contributed by atoms with E-state index in [4.69, 9.17) is 21.4 Å². The summed E-state index contributed by atoms with van der Waals surface area (Å²) >= 11 is 5.81. The Morgan fingerprint density at radius 3 is 2.77 bits per heavy atom. The number of aliphatic carboxylic acids is 1. The maximum Gasteiger partial charge on any atom is 0.307 e. The minimum atomic E-state index is -0.688. The molecule has 2 bridgehead atoms. The lowest BCUT2D eigenvalue weighted by Gasteiger charge is -2.23. The number of carboxylic acid groups (broad SMARTS) is 1. The molecule has 0 spiro atoms. The van der Waals surface area contributed by atoms with E-state index in [2.05, 4.69) is 0 Å². The molecule has 6 atom stereocenters. The average Bonchev–Trinajstić information content (AvgIpc) is 2.72. The second-order valence-corrected chi connectivity index (χ2v) is 4.62. The van der Waals surface area contributed by atoms with Crippen molar-refractivity contribution >= 4 is 17.6 Å². The summed E-state index contributed by atoms with van der Waals surface area (Å²) in [7, 11) is 0. The van der Waals surface area contributed by atoms with Gasteiger partial charge in [0.15, 0.2) is 0 Å². The van der Waals surface area contributed by atoms with E-state index in [1.165, 1.54) is 0 Å². The summed E-state index contributed by atoms with van der Waals surface area (Å²) in [5, 5.41) is 9.06. The van der Waals surface area contributed by atoms with Crippen molar-refractivity contribution in [2.45, 2.75) is 18.6 Å². The average molecular weight is 203 g/mol. The van der Waals surface area contributed by atoms with Crippen molar-refractivity contribution in [3.8, 4) is 0 Å². The molecule has 0 aromatic carbocycles. The molecule has 3 rings (SSSR count). The number of carboxylic acids is 1. The SMILES string of the molecule is O=C(O)[C@H]1[C@H](CCl)[C@@H]2C[C@@H]1[C@@H]1O[C@H]21. The summed E-state index contributed by atoms with van der Waals surface area (Å²) in [5.74, 6) is 0.348. The van der Waals surface area contributed by atoms with Gasteiger partial charge in [-0.25, -0.2) is 0 Å². The molecular formula is C9H11ClO3.